The van der Waals surface area contributed by atoms with Crippen molar-refractivity contribution in [1.82, 2.24) is 10.2 Å². The molecule has 0 amide bonds. The van der Waals surface area contributed by atoms with Crippen molar-refractivity contribution in [3.05, 3.63) is 22.4 Å². The molecule has 1 saturated heterocycles. The monoisotopic (exact) mass is 296 g/mol. The Morgan fingerprint density at radius 3 is 3.00 bits per heavy atom. The summed E-state index contributed by atoms with van der Waals surface area (Å²) in [6, 6.07) is 4.58. The van der Waals surface area contributed by atoms with Gasteiger partial charge in [0.1, 0.15) is 0 Å². The zero-order chi connectivity index (χ0) is 14.2. The van der Waals surface area contributed by atoms with Crippen molar-refractivity contribution in [1.29, 1.82) is 0 Å². The highest BCUT2D eigenvalue weighted by atomic mass is 32.1. The Kier molecular flexibility index (Phi) is 6.29. The molecule has 6 heteroatoms. The van der Waals surface area contributed by atoms with Gasteiger partial charge in [-0.15, -0.1) is 11.3 Å². The summed E-state index contributed by atoms with van der Waals surface area (Å²) < 4.78 is 5.43. The number of nitrogens with two attached hydrogens (primary N) is 1. The Morgan fingerprint density at radius 1 is 1.55 bits per heavy atom. The fraction of sp³-hybridized carbons (Fsp3) is 0.643. The number of ether oxygens (including phenoxy) is 1. The van der Waals surface area contributed by atoms with Gasteiger partial charge in [0.2, 0.25) is 0 Å². The molecule has 1 fully saturated rings. The van der Waals surface area contributed by atoms with Crippen LogP contribution >= 0.6 is 11.3 Å². The van der Waals surface area contributed by atoms with Crippen LogP contribution in [0.4, 0.5) is 0 Å². The lowest BCUT2D eigenvalue weighted by molar-refractivity contribution is 0.0187. The molecule has 0 bridgehead atoms. The zero-order valence-corrected chi connectivity index (χ0v) is 12.9. The van der Waals surface area contributed by atoms with Crippen LogP contribution in [0.2, 0.25) is 0 Å². The first-order chi connectivity index (χ1) is 9.81. The Balaban J connectivity index is 1.99. The lowest BCUT2D eigenvalue weighted by Crippen LogP contribution is -2.40. The average Bonchev–Trinajstić information content (AvgIpc) is 3.00. The second-order valence-corrected chi connectivity index (χ2v) is 5.81. The quantitative estimate of drug-likeness (QED) is 0.616. The van der Waals surface area contributed by atoms with Crippen LogP contribution in [0.3, 0.4) is 0 Å². The largest absolute Gasteiger partial charge is 0.379 e. The summed E-state index contributed by atoms with van der Waals surface area (Å²) in [4.78, 5) is 8.28. The molecule has 3 N–H and O–H groups in total. The third-order valence-electron chi connectivity index (χ3n) is 3.35. The summed E-state index contributed by atoms with van der Waals surface area (Å²) >= 11 is 1.78. The van der Waals surface area contributed by atoms with Gasteiger partial charge < -0.3 is 15.8 Å². The van der Waals surface area contributed by atoms with E-state index in [1.165, 1.54) is 4.88 Å². The van der Waals surface area contributed by atoms with E-state index >= 15 is 0 Å². The molecule has 2 rings (SSSR count). The average molecular weight is 296 g/mol. The standard InChI is InChI=1S/C14H24N4OS/c1-2-5-16-14(15)17-11-12(13-4-3-10-20-13)18-6-8-19-9-7-18/h3-4,10,12H,2,5-9,11H2,1H3,(H3,15,16,17). The van der Waals surface area contributed by atoms with Crippen molar-refractivity contribution < 1.29 is 4.74 Å². The fourth-order valence-electron chi connectivity index (χ4n) is 2.25. The lowest BCUT2D eigenvalue weighted by Gasteiger charge is -2.33. The molecule has 5 nitrogen and oxygen atoms in total. The van der Waals surface area contributed by atoms with Gasteiger partial charge in [-0.2, -0.15) is 0 Å². The van der Waals surface area contributed by atoms with Gasteiger partial charge in [0, 0.05) is 24.5 Å². The van der Waals surface area contributed by atoms with Crippen LogP contribution in [-0.4, -0.2) is 50.3 Å². The molecule has 0 spiro atoms. The van der Waals surface area contributed by atoms with Gasteiger partial charge in [-0.05, 0) is 17.9 Å². The molecule has 0 aliphatic carbocycles. The van der Waals surface area contributed by atoms with E-state index in [1.54, 1.807) is 11.3 Å². The third kappa shape index (κ3) is 4.47. The van der Waals surface area contributed by atoms with E-state index in [1.807, 2.05) is 0 Å². The number of nitrogens with zero attached hydrogens (tertiary/aromatic N) is 2. The van der Waals surface area contributed by atoms with E-state index in [0.717, 1.165) is 39.3 Å². The van der Waals surface area contributed by atoms with Crippen LogP contribution in [0, 0.1) is 0 Å². The summed E-state index contributed by atoms with van der Waals surface area (Å²) in [5.41, 5.74) is 5.89. The van der Waals surface area contributed by atoms with E-state index in [2.05, 4.69) is 39.6 Å². The molecule has 0 saturated carbocycles. The first-order valence-corrected chi connectivity index (χ1v) is 8.08. The molecule has 0 radical (unpaired) electrons. The molecule has 1 aromatic heterocycles. The van der Waals surface area contributed by atoms with E-state index in [4.69, 9.17) is 10.5 Å². The maximum absolute atomic E-state index is 5.89. The molecule has 1 aliphatic rings. The minimum atomic E-state index is 0.306. The van der Waals surface area contributed by atoms with Crippen molar-refractivity contribution in [3.8, 4) is 0 Å². The van der Waals surface area contributed by atoms with Crippen LogP contribution < -0.4 is 11.1 Å². The molecule has 1 unspecified atom stereocenters. The summed E-state index contributed by atoms with van der Waals surface area (Å²) in [6.45, 7) is 7.20. The maximum atomic E-state index is 5.89. The van der Waals surface area contributed by atoms with Crippen LogP contribution in [0.15, 0.2) is 22.5 Å². The van der Waals surface area contributed by atoms with E-state index in [9.17, 15) is 0 Å². The van der Waals surface area contributed by atoms with Crippen LogP contribution in [0.5, 0.6) is 0 Å². The Labute approximate surface area is 124 Å². The summed E-state index contributed by atoms with van der Waals surface area (Å²) in [7, 11) is 0. The number of hydrogen-bond donors (Lipinski definition) is 2. The highest BCUT2D eigenvalue weighted by Crippen LogP contribution is 2.26. The Hall–Kier alpha value is -1.11. The highest BCUT2D eigenvalue weighted by molar-refractivity contribution is 7.10. The van der Waals surface area contributed by atoms with E-state index in [0.29, 0.717) is 18.5 Å². The molecule has 1 aromatic rings. The van der Waals surface area contributed by atoms with E-state index in [-0.39, 0.29) is 0 Å². The number of morpholine rings is 1. The van der Waals surface area contributed by atoms with Gasteiger partial charge in [0.05, 0.1) is 25.8 Å². The first kappa shape index (κ1) is 15.3. The summed E-state index contributed by atoms with van der Waals surface area (Å²) in [5, 5.41) is 5.24. The topological polar surface area (TPSA) is 62.9 Å². The van der Waals surface area contributed by atoms with Crippen LogP contribution in [0.25, 0.3) is 0 Å². The van der Waals surface area contributed by atoms with Gasteiger partial charge in [-0.1, -0.05) is 13.0 Å². The normalized spacial score (nSPS) is 18.9. The number of hydrogen-bond acceptors (Lipinski definition) is 4. The van der Waals surface area contributed by atoms with Gasteiger partial charge in [-0.3, -0.25) is 9.89 Å². The number of guanidine groups is 1. The maximum Gasteiger partial charge on any atom is 0.188 e. The predicted molar refractivity (Wildman–Crippen MR) is 84.2 cm³/mol. The predicted octanol–water partition coefficient (Wildman–Crippen LogP) is 1.44. The summed E-state index contributed by atoms with van der Waals surface area (Å²) in [5.74, 6) is 0.543. The molecular formula is C14H24N4OS. The van der Waals surface area contributed by atoms with Crippen molar-refractivity contribution in [2.75, 3.05) is 39.4 Å². The molecule has 1 aliphatic heterocycles. The highest BCUT2D eigenvalue weighted by Gasteiger charge is 2.23. The molecule has 1 atom stereocenters. The third-order valence-corrected chi connectivity index (χ3v) is 4.32. The van der Waals surface area contributed by atoms with Crippen LogP contribution in [-0.2, 0) is 4.74 Å². The molecule has 0 aromatic carbocycles. The van der Waals surface area contributed by atoms with Gasteiger partial charge in [-0.25, -0.2) is 0 Å². The molecule has 112 valence electrons. The molecule has 2 heterocycles. The first-order valence-electron chi connectivity index (χ1n) is 7.20. The SMILES string of the molecule is CCCNC(N)=NCC(c1cccs1)N1CCOCC1. The van der Waals surface area contributed by atoms with Gasteiger partial charge in [0.15, 0.2) is 5.96 Å². The number of nitrogens with one attached hydrogen (secondary N) is 1. The summed E-state index contributed by atoms with van der Waals surface area (Å²) in [6.07, 6.45) is 1.05. The van der Waals surface area contributed by atoms with Crippen molar-refractivity contribution in [2.45, 2.75) is 19.4 Å². The zero-order valence-electron chi connectivity index (χ0n) is 12.0. The van der Waals surface area contributed by atoms with E-state index < -0.39 is 0 Å². The number of rotatable bonds is 6. The molecule has 20 heavy (non-hydrogen) atoms. The van der Waals surface area contributed by atoms with Crippen molar-refractivity contribution in [2.24, 2.45) is 10.7 Å². The molecular weight excluding hydrogens is 272 g/mol. The Bertz CT molecular complexity index is 401. The smallest absolute Gasteiger partial charge is 0.188 e. The van der Waals surface area contributed by atoms with Crippen molar-refractivity contribution >= 4 is 17.3 Å². The number of aliphatic imine (C=N–C) groups is 1. The lowest BCUT2D eigenvalue weighted by atomic mass is 10.2. The number of thiophene rings is 1. The second kappa shape index (κ2) is 8.24. The fourth-order valence-corrected chi connectivity index (χ4v) is 3.10. The van der Waals surface area contributed by atoms with Gasteiger partial charge in [0.25, 0.3) is 0 Å². The Morgan fingerprint density at radius 2 is 2.35 bits per heavy atom. The minimum absolute atomic E-state index is 0.306. The van der Waals surface area contributed by atoms with Crippen molar-refractivity contribution in [3.63, 3.8) is 0 Å². The minimum Gasteiger partial charge on any atom is -0.379 e. The van der Waals surface area contributed by atoms with Crippen LogP contribution in [0.1, 0.15) is 24.3 Å². The second-order valence-electron chi connectivity index (χ2n) is 4.83. The van der Waals surface area contributed by atoms with Gasteiger partial charge >= 0.3 is 0 Å².